The molecule has 3 N–H and O–H groups in total. The summed E-state index contributed by atoms with van der Waals surface area (Å²) in [7, 11) is 0. The summed E-state index contributed by atoms with van der Waals surface area (Å²) in [6.07, 6.45) is -2.59. The van der Waals surface area contributed by atoms with E-state index in [2.05, 4.69) is 22.0 Å². The van der Waals surface area contributed by atoms with Crippen LogP contribution in [0.25, 0.3) is 0 Å². The highest BCUT2D eigenvalue weighted by Gasteiger charge is 2.54. The fourth-order valence-electron chi connectivity index (χ4n) is 6.56. The van der Waals surface area contributed by atoms with Crippen LogP contribution in [0.4, 0.5) is 13.2 Å². The molecule has 11 atom stereocenters. The molecule has 4 rings (SSSR count). The molecule has 4 aliphatic rings. The third-order valence-corrected chi connectivity index (χ3v) is 7.96. The van der Waals surface area contributed by atoms with E-state index in [-0.39, 0.29) is 60.0 Å². The number of carbonyl (C=O) groups excluding carboxylic acids is 1. The van der Waals surface area contributed by atoms with Gasteiger partial charge in [-0.05, 0) is 63.7 Å². The number of nitrogens with one attached hydrogen (secondary N) is 3. The smallest absolute Gasteiger partial charge is 0.223 e. The number of hydrogen-bond acceptors (Lipinski definition) is 4. The van der Waals surface area contributed by atoms with E-state index in [0.717, 1.165) is 12.8 Å². The van der Waals surface area contributed by atoms with Gasteiger partial charge in [0.1, 0.15) is 12.3 Å². The molecule has 0 spiro atoms. The minimum absolute atomic E-state index is 0.00385. The van der Waals surface area contributed by atoms with Gasteiger partial charge in [0.25, 0.3) is 0 Å². The van der Waals surface area contributed by atoms with Gasteiger partial charge in [-0.1, -0.05) is 0 Å². The Morgan fingerprint density at radius 2 is 1.80 bits per heavy atom. The van der Waals surface area contributed by atoms with Crippen LogP contribution in [-0.2, 0) is 4.79 Å². The van der Waals surface area contributed by atoms with Gasteiger partial charge < -0.3 is 16.0 Å². The Morgan fingerprint density at radius 1 is 1.03 bits per heavy atom. The summed E-state index contributed by atoms with van der Waals surface area (Å²) < 4.78 is 42.3. The summed E-state index contributed by atoms with van der Waals surface area (Å²) in [5.74, 6) is -0.383. The molecule has 11 unspecified atom stereocenters. The molecule has 2 heterocycles. The maximum Gasteiger partial charge on any atom is 0.223 e. The van der Waals surface area contributed by atoms with Crippen molar-refractivity contribution in [3.8, 4) is 6.07 Å². The number of halogens is 3. The van der Waals surface area contributed by atoms with Crippen LogP contribution < -0.4 is 16.0 Å². The van der Waals surface area contributed by atoms with Crippen LogP contribution in [-0.4, -0.2) is 55.1 Å². The Bertz CT molecular complexity index is 686. The second-order valence-electron chi connectivity index (χ2n) is 10.0. The van der Waals surface area contributed by atoms with Crippen molar-refractivity contribution >= 4 is 5.91 Å². The topological polar surface area (TPSA) is 77.0 Å². The summed E-state index contributed by atoms with van der Waals surface area (Å²) >= 11 is 0. The van der Waals surface area contributed by atoms with Gasteiger partial charge in [-0.15, -0.1) is 0 Å². The molecule has 2 saturated carbocycles. The van der Waals surface area contributed by atoms with Crippen LogP contribution in [0.1, 0.15) is 46.0 Å². The molecule has 4 fully saturated rings. The van der Waals surface area contributed by atoms with Crippen LogP contribution in [0.3, 0.4) is 0 Å². The highest BCUT2D eigenvalue weighted by Crippen LogP contribution is 2.45. The van der Waals surface area contributed by atoms with E-state index in [1.54, 1.807) is 0 Å². The Hall–Kier alpha value is -1.33. The molecule has 0 aromatic rings. The summed E-state index contributed by atoms with van der Waals surface area (Å²) in [5, 5.41) is 19.4. The molecule has 0 radical (unpaired) electrons. The Kier molecular flexibility index (Phi) is 6.32. The molecule has 2 saturated heterocycles. The predicted molar refractivity (Wildman–Crippen MR) is 107 cm³/mol. The first-order valence-corrected chi connectivity index (χ1v) is 11.4. The van der Waals surface area contributed by atoms with Crippen molar-refractivity contribution in [2.45, 2.75) is 88.6 Å². The van der Waals surface area contributed by atoms with Crippen LogP contribution in [0.2, 0.25) is 0 Å². The summed E-state index contributed by atoms with van der Waals surface area (Å²) in [6, 6.07) is 1.77. The lowest BCUT2D eigenvalue weighted by Crippen LogP contribution is -2.60. The second-order valence-corrected chi connectivity index (χ2v) is 10.0. The number of carbonyl (C=O) groups is 1. The van der Waals surface area contributed by atoms with Gasteiger partial charge in [0.05, 0.1) is 12.0 Å². The van der Waals surface area contributed by atoms with Gasteiger partial charge in [0, 0.05) is 36.6 Å². The molecule has 2 aliphatic carbocycles. The molecule has 1 amide bonds. The first-order chi connectivity index (χ1) is 14.3. The van der Waals surface area contributed by atoms with Gasteiger partial charge in [-0.3, -0.25) is 4.79 Å². The number of alkyl halides is 3. The van der Waals surface area contributed by atoms with Crippen molar-refractivity contribution < 1.29 is 18.0 Å². The third-order valence-electron chi connectivity index (χ3n) is 7.96. The van der Waals surface area contributed by atoms with Gasteiger partial charge in [-0.25, -0.2) is 13.2 Å². The zero-order chi connectivity index (χ0) is 21.6. The Morgan fingerprint density at radius 3 is 2.50 bits per heavy atom. The van der Waals surface area contributed by atoms with Gasteiger partial charge >= 0.3 is 0 Å². The SMILES string of the molecule is CC(C)NC(=O)C1CCC(C#N)C2NC(C3CNC4C(F)C(F)C(F)CC34)CCC12. The maximum absolute atomic E-state index is 14.4. The minimum Gasteiger partial charge on any atom is -0.354 e. The molecule has 0 bridgehead atoms. The predicted octanol–water partition coefficient (Wildman–Crippen LogP) is 2.42. The van der Waals surface area contributed by atoms with Crippen LogP contribution in [0.15, 0.2) is 0 Å². The number of hydrogen-bond donors (Lipinski definition) is 3. The fraction of sp³-hybridized carbons (Fsp3) is 0.909. The number of piperidine rings is 1. The first-order valence-electron chi connectivity index (χ1n) is 11.4. The fourth-order valence-corrected chi connectivity index (χ4v) is 6.56. The highest BCUT2D eigenvalue weighted by molar-refractivity contribution is 5.79. The molecular weight excluding hydrogens is 393 g/mol. The Labute approximate surface area is 176 Å². The lowest BCUT2D eigenvalue weighted by molar-refractivity contribution is -0.130. The molecule has 2 aliphatic heterocycles. The van der Waals surface area contributed by atoms with E-state index in [4.69, 9.17) is 0 Å². The van der Waals surface area contributed by atoms with Crippen molar-refractivity contribution in [3.05, 3.63) is 0 Å². The van der Waals surface area contributed by atoms with E-state index in [0.29, 0.717) is 19.4 Å². The standard InChI is InChI=1S/C22H33F3N4O/c1-10(2)28-22(30)13-4-3-11(8-26)20-12(13)5-6-17(29-20)15-9-27-21-14(15)7-16(23)18(24)19(21)25/h10-21,27,29H,3-7,9H2,1-2H3,(H,28,30). The Balaban J connectivity index is 1.48. The number of nitriles is 1. The maximum atomic E-state index is 14.4. The average Bonchev–Trinajstić information content (AvgIpc) is 3.14. The normalized spacial score (nSPS) is 48.5. The van der Waals surface area contributed by atoms with E-state index >= 15 is 0 Å². The monoisotopic (exact) mass is 426 g/mol. The molecule has 5 nitrogen and oxygen atoms in total. The number of nitrogens with zero attached hydrogens (tertiary/aromatic N) is 1. The van der Waals surface area contributed by atoms with Crippen molar-refractivity contribution in [1.82, 2.24) is 16.0 Å². The van der Waals surface area contributed by atoms with E-state index in [9.17, 15) is 23.2 Å². The summed E-state index contributed by atoms with van der Waals surface area (Å²) in [5.41, 5.74) is 0. The molecule has 0 aromatic carbocycles. The van der Waals surface area contributed by atoms with Crippen molar-refractivity contribution in [2.24, 2.45) is 29.6 Å². The highest BCUT2D eigenvalue weighted by atomic mass is 19.2. The van der Waals surface area contributed by atoms with E-state index in [1.807, 2.05) is 13.8 Å². The number of rotatable bonds is 3. The quantitative estimate of drug-likeness (QED) is 0.648. The molecular formula is C22H33F3N4O. The second kappa shape index (κ2) is 8.66. The molecule has 0 aromatic heterocycles. The van der Waals surface area contributed by atoms with Crippen LogP contribution >= 0.6 is 0 Å². The molecule has 30 heavy (non-hydrogen) atoms. The largest absolute Gasteiger partial charge is 0.354 e. The number of amides is 1. The minimum atomic E-state index is -2.05. The zero-order valence-electron chi connectivity index (χ0n) is 17.7. The lowest BCUT2D eigenvalue weighted by atomic mass is 9.64. The van der Waals surface area contributed by atoms with Crippen LogP contribution in [0.5, 0.6) is 0 Å². The third kappa shape index (κ3) is 3.84. The average molecular weight is 427 g/mol. The van der Waals surface area contributed by atoms with E-state index < -0.39 is 24.6 Å². The molecule has 8 heteroatoms. The van der Waals surface area contributed by atoms with Crippen molar-refractivity contribution in [1.29, 1.82) is 5.26 Å². The van der Waals surface area contributed by atoms with Crippen LogP contribution in [0, 0.1) is 40.9 Å². The zero-order valence-corrected chi connectivity index (χ0v) is 17.7. The van der Waals surface area contributed by atoms with Gasteiger partial charge in [0.15, 0.2) is 6.17 Å². The molecule has 168 valence electrons. The van der Waals surface area contributed by atoms with Crippen molar-refractivity contribution in [2.75, 3.05) is 6.54 Å². The number of fused-ring (bicyclic) bond motifs is 2. The van der Waals surface area contributed by atoms with Gasteiger partial charge in [-0.2, -0.15) is 5.26 Å². The lowest BCUT2D eigenvalue weighted by Gasteiger charge is -2.48. The summed E-state index contributed by atoms with van der Waals surface area (Å²) in [6.45, 7) is 4.41. The van der Waals surface area contributed by atoms with Crippen molar-refractivity contribution in [3.63, 3.8) is 0 Å². The summed E-state index contributed by atoms with van der Waals surface area (Å²) in [4.78, 5) is 12.7. The van der Waals surface area contributed by atoms with E-state index in [1.165, 1.54) is 0 Å². The first kappa shape index (κ1) is 21.9. The van der Waals surface area contributed by atoms with Gasteiger partial charge in [0.2, 0.25) is 5.91 Å².